The minimum Gasteiger partial charge on any atom is -0.394 e. The van der Waals surface area contributed by atoms with Gasteiger partial charge in [-0.2, -0.15) is 10.2 Å². The van der Waals surface area contributed by atoms with Crippen LogP contribution >= 0.6 is 0 Å². The summed E-state index contributed by atoms with van der Waals surface area (Å²) in [5.41, 5.74) is 3.45. The molecule has 2 unspecified atom stereocenters. The monoisotopic (exact) mass is 317 g/mol. The number of aliphatic hydroxyl groups is 1. The van der Waals surface area contributed by atoms with E-state index < -0.39 is 0 Å². The molecule has 1 aliphatic rings. The lowest BCUT2D eigenvalue weighted by atomic mass is 9.90. The highest BCUT2D eigenvalue weighted by atomic mass is 16.3. The Bertz CT molecular complexity index is 619. The van der Waals surface area contributed by atoms with Crippen LogP contribution in [0.15, 0.2) is 18.5 Å². The predicted molar refractivity (Wildman–Crippen MR) is 89.1 cm³/mol. The third-order valence-corrected chi connectivity index (χ3v) is 4.98. The van der Waals surface area contributed by atoms with Crippen LogP contribution in [0.2, 0.25) is 0 Å². The van der Waals surface area contributed by atoms with Crippen molar-refractivity contribution in [2.45, 2.75) is 64.7 Å². The lowest BCUT2D eigenvalue weighted by Gasteiger charge is -2.32. The lowest BCUT2D eigenvalue weighted by molar-refractivity contribution is 0.245. The molecule has 0 aromatic carbocycles. The Morgan fingerprint density at radius 2 is 2.13 bits per heavy atom. The lowest BCUT2D eigenvalue weighted by Crippen LogP contribution is -2.39. The Kier molecular flexibility index (Phi) is 5.13. The van der Waals surface area contributed by atoms with Crippen LogP contribution in [0.25, 0.3) is 0 Å². The second-order valence-corrected chi connectivity index (χ2v) is 6.42. The van der Waals surface area contributed by atoms with E-state index in [1.165, 1.54) is 31.2 Å². The van der Waals surface area contributed by atoms with Gasteiger partial charge in [0.1, 0.15) is 0 Å². The van der Waals surface area contributed by atoms with Gasteiger partial charge in [0.15, 0.2) is 0 Å². The molecule has 2 N–H and O–H groups in total. The molecular formula is C17H27N5O. The van der Waals surface area contributed by atoms with E-state index in [0.717, 1.165) is 17.9 Å². The van der Waals surface area contributed by atoms with Gasteiger partial charge < -0.3 is 10.4 Å². The molecule has 2 aromatic rings. The Morgan fingerprint density at radius 3 is 2.87 bits per heavy atom. The molecule has 0 aliphatic heterocycles. The summed E-state index contributed by atoms with van der Waals surface area (Å²) in [5, 5.41) is 21.8. The Balaban J connectivity index is 1.69. The summed E-state index contributed by atoms with van der Waals surface area (Å²) in [5.74, 6) is 0. The Morgan fingerprint density at radius 1 is 1.30 bits per heavy atom. The van der Waals surface area contributed by atoms with E-state index >= 15 is 0 Å². The first kappa shape index (κ1) is 16.2. The third kappa shape index (κ3) is 3.48. The van der Waals surface area contributed by atoms with Crippen molar-refractivity contribution in [2.75, 3.05) is 6.61 Å². The molecule has 1 aliphatic carbocycles. The summed E-state index contributed by atoms with van der Waals surface area (Å²) in [6, 6.07) is 2.88. The van der Waals surface area contributed by atoms with Gasteiger partial charge in [-0.25, -0.2) is 0 Å². The molecule has 0 bridgehead atoms. The van der Waals surface area contributed by atoms with Gasteiger partial charge in [0, 0.05) is 36.2 Å². The Hall–Kier alpha value is -1.66. The number of nitrogens with zero attached hydrogens (tertiary/aromatic N) is 4. The van der Waals surface area contributed by atoms with Crippen molar-refractivity contribution >= 4 is 0 Å². The van der Waals surface area contributed by atoms with Crippen molar-refractivity contribution in [3.05, 3.63) is 35.4 Å². The molecule has 0 radical (unpaired) electrons. The number of aryl methyl sites for hydroxylation is 1. The molecule has 6 heteroatoms. The van der Waals surface area contributed by atoms with Crippen LogP contribution in [-0.4, -0.2) is 37.3 Å². The van der Waals surface area contributed by atoms with E-state index in [1.807, 2.05) is 23.9 Å². The maximum absolute atomic E-state index is 9.13. The summed E-state index contributed by atoms with van der Waals surface area (Å²) >= 11 is 0. The second-order valence-electron chi connectivity index (χ2n) is 6.42. The molecular weight excluding hydrogens is 290 g/mol. The summed E-state index contributed by atoms with van der Waals surface area (Å²) in [4.78, 5) is 0. The second kappa shape index (κ2) is 7.27. The first-order chi connectivity index (χ1) is 11.2. The van der Waals surface area contributed by atoms with Crippen molar-refractivity contribution in [3.63, 3.8) is 0 Å². The molecule has 23 heavy (non-hydrogen) atoms. The average molecular weight is 317 g/mol. The van der Waals surface area contributed by atoms with Crippen LogP contribution in [0.3, 0.4) is 0 Å². The van der Waals surface area contributed by atoms with Gasteiger partial charge in [0.25, 0.3) is 0 Å². The van der Waals surface area contributed by atoms with Crippen molar-refractivity contribution in [1.29, 1.82) is 0 Å². The molecule has 0 spiro atoms. The van der Waals surface area contributed by atoms with Gasteiger partial charge in [0.2, 0.25) is 0 Å². The summed E-state index contributed by atoms with van der Waals surface area (Å²) in [7, 11) is 0. The smallest absolute Gasteiger partial charge is 0.0672 e. The number of aliphatic hydroxyl groups excluding tert-OH is 1. The van der Waals surface area contributed by atoms with Crippen LogP contribution in [0, 0.1) is 13.8 Å². The molecule has 0 saturated heterocycles. The fourth-order valence-corrected chi connectivity index (χ4v) is 3.68. The molecule has 0 amide bonds. The molecule has 2 atom stereocenters. The van der Waals surface area contributed by atoms with E-state index in [0.29, 0.717) is 18.6 Å². The minimum absolute atomic E-state index is 0.124. The van der Waals surface area contributed by atoms with E-state index in [2.05, 4.69) is 33.3 Å². The van der Waals surface area contributed by atoms with Gasteiger partial charge in [-0.3, -0.25) is 9.36 Å². The van der Waals surface area contributed by atoms with E-state index in [4.69, 9.17) is 5.11 Å². The van der Waals surface area contributed by atoms with Crippen LogP contribution in [-0.2, 0) is 13.1 Å². The Labute approximate surface area is 137 Å². The molecule has 2 heterocycles. The highest BCUT2D eigenvalue weighted by molar-refractivity contribution is 5.24. The van der Waals surface area contributed by atoms with Crippen LogP contribution in [0.5, 0.6) is 0 Å². The van der Waals surface area contributed by atoms with Gasteiger partial charge in [-0.05, 0) is 32.8 Å². The third-order valence-electron chi connectivity index (χ3n) is 4.98. The number of hydrogen-bond donors (Lipinski definition) is 2. The number of nitrogens with one attached hydrogen (secondary N) is 1. The fraction of sp³-hybridized carbons (Fsp3) is 0.647. The zero-order chi connectivity index (χ0) is 16.2. The standard InChI is InChI=1S/C17H27N5O/c1-13-15(14(2)21(20-13)10-11-23)12-18-16-6-3-4-7-17(16)22-9-5-8-19-22/h5,8-9,16-18,23H,3-4,6-7,10-12H2,1-2H3. The van der Waals surface area contributed by atoms with Crippen LogP contribution in [0.1, 0.15) is 48.7 Å². The van der Waals surface area contributed by atoms with Crippen molar-refractivity contribution in [3.8, 4) is 0 Å². The number of hydrogen-bond acceptors (Lipinski definition) is 4. The predicted octanol–water partition coefficient (Wildman–Crippen LogP) is 1.96. The quantitative estimate of drug-likeness (QED) is 0.855. The van der Waals surface area contributed by atoms with Gasteiger partial charge in [-0.1, -0.05) is 12.8 Å². The van der Waals surface area contributed by atoms with Crippen molar-refractivity contribution in [2.24, 2.45) is 0 Å². The van der Waals surface area contributed by atoms with Crippen LogP contribution < -0.4 is 5.32 Å². The maximum atomic E-state index is 9.13. The average Bonchev–Trinajstić information content (AvgIpc) is 3.17. The summed E-state index contributed by atoms with van der Waals surface area (Å²) in [6.07, 6.45) is 8.85. The zero-order valence-electron chi connectivity index (χ0n) is 14.1. The fourth-order valence-electron chi connectivity index (χ4n) is 3.68. The van der Waals surface area contributed by atoms with Crippen LogP contribution in [0.4, 0.5) is 0 Å². The van der Waals surface area contributed by atoms with Gasteiger partial charge >= 0.3 is 0 Å². The molecule has 2 aromatic heterocycles. The van der Waals surface area contributed by atoms with Crippen molar-refractivity contribution in [1.82, 2.24) is 24.9 Å². The van der Waals surface area contributed by atoms with Gasteiger partial charge in [-0.15, -0.1) is 0 Å². The highest BCUT2D eigenvalue weighted by Crippen LogP contribution is 2.28. The first-order valence-corrected chi connectivity index (χ1v) is 8.57. The minimum atomic E-state index is 0.124. The van der Waals surface area contributed by atoms with E-state index in [-0.39, 0.29) is 6.61 Å². The van der Waals surface area contributed by atoms with Crippen molar-refractivity contribution < 1.29 is 5.11 Å². The first-order valence-electron chi connectivity index (χ1n) is 8.57. The maximum Gasteiger partial charge on any atom is 0.0672 e. The SMILES string of the molecule is Cc1nn(CCO)c(C)c1CNC1CCCCC1n1cccn1. The number of aromatic nitrogens is 4. The molecule has 6 nitrogen and oxygen atoms in total. The normalized spacial score (nSPS) is 21.7. The molecule has 126 valence electrons. The molecule has 1 saturated carbocycles. The summed E-state index contributed by atoms with van der Waals surface area (Å²) < 4.78 is 4.00. The topological polar surface area (TPSA) is 67.9 Å². The van der Waals surface area contributed by atoms with E-state index in [9.17, 15) is 0 Å². The number of rotatable bonds is 6. The molecule has 3 rings (SSSR count). The van der Waals surface area contributed by atoms with Gasteiger partial charge in [0.05, 0.1) is 24.9 Å². The summed E-state index contributed by atoms with van der Waals surface area (Å²) in [6.45, 7) is 5.64. The molecule has 1 fully saturated rings. The highest BCUT2D eigenvalue weighted by Gasteiger charge is 2.27. The largest absolute Gasteiger partial charge is 0.394 e. The zero-order valence-corrected chi connectivity index (χ0v) is 14.1. The van der Waals surface area contributed by atoms with E-state index in [1.54, 1.807) is 0 Å².